The van der Waals surface area contributed by atoms with E-state index in [1.165, 1.54) is 51.6 Å². The number of rotatable bonds is 11. The van der Waals surface area contributed by atoms with Gasteiger partial charge in [0.05, 0.1) is 0 Å². The van der Waals surface area contributed by atoms with E-state index >= 15 is 0 Å². The fourth-order valence-corrected chi connectivity index (χ4v) is 1.97. The molecule has 0 spiro atoms. The van der Waals surface area contributed by atoms with Crippen molar-refractivity contribution in [2.45, 2.75) is 71.8 Å². The maximum atomic E-state index is 8.70. The lowest BCUT2D eigenvalue weighted by Gasteiger charge is -2.26. The first-order chi connectivity index (χ1) is 7.72. The summed E-state index contributed by atoms with van der Waals surface area (Å²) < 4.78 is 0. The fraction of sp³-hybridized carbons (Fsp3) is 1.00. The van der Waals surface area contributed by atoms with Crippen LogP contribution < -0.4 is 0 Å². The highest BCUT2D eigenvalue weighted by Gasteiger charge is 2.07. The van der Waals surface area contributed by atoms with Gasteiger partial charge in [-0.25, -0.2) is 0 Å². The number of nitrogens with zero attached hydrogens (tertiary/aromatic N) is 1. The molecule has 98 valence electrons. The van der Waals surface area contributed by atoms with E-state index in [-0.39, 0.29) is 0 Å². The average Bonchev–Trinajstić information content (AvgIpc) is 2.26. The lowest BCUT2D eigenvalue weighted by molar-refractivity contribution is 0.211. The quantitative estimate of drug-likeness (QED) is 0.549. The maximum absolute atomic E-state index is 8.70. The van der Waals surface area contributed by atoms with Crippen LogP contribution in [0.1, 0.15) is 65.7 Å². The average molecular weight is 229 g/mol. The van der Waals surface area contributed by atoms with E-state index in [2.05, 4.69) is 25.7 Å². The molecule has 0 unspecified atom stereocenters. The molecule has 0 aromatic rings. The zero-order valence-electron chi connectivity index (χ0n) is 11.5. The molecule has 2 heteroatoms. The molecule has 0 heterocycles. The lowest BCUT2D eigenvalue weighted by Crippen LogP contribution is -2.32. The van der Waals surface area contributed by atoms with Crippen LogP contribution in [0.5, 0.6) is 0 Å². The first kappa shape index (κ1) is 15.9. The van der Waals surface area contributed by atoms with Gasteiger partial charge in [0.15, 0.2) is 0 Å². The summed E-state index contributed by atoms with van der Waals surface area (Å²) >= 11 is 0. The molecule has 0 rings (SSSR count). The molecule has 0 aliphatic heterocycles. The Labute approximate surface area is 102 Å². The van der Waals surface area contributed by atoms with Gasteiger partial charge >= 0.3 is 0 Å². The van der Waals surface area contributed by atoms with Gasteiger partial charge in [-0.3, -0.25) is 0 Å². The summed E-state index contributed by atoms with van der Waals surface area (Å²) in [6, 6.07) is 0.676. The molecule has 0 saturated heterocycles. The van der Waals surface area contributed by atoms with Gasteiger partial charge < -0.3 is 10.0 Å². The van der Waals surface area contributed by atoms with Crippen molar-refractivity contribution < 1.29 is 5.11 Å². The third kappa shape index (κ3) is 9.17. The Kier molecular flexibility index (Phi) is 11.3. The molecular formula is C14H31NO. The molecule has 0 fully saturated rings. The van der Waals surface area contributed by atoms with Crippen LogP contribution in [0.4, 0.5) is 0 Å². The molecule has 0 aliphatic rings. The van der Waals surface area contributed by atoms with E-state index in [1.54, 1.807) is 0 Å². The first-order valence-corrected chi connectivity index (χ1v) is 7.07. The smallest absolute Gasteiger partial charge is 0.0431 e. The van der Waals surface area contributed by atoms with E-state index in [0.717, 1.165) is 6.42 Å². The molecule has 0 aromatic carbocycles. The predicted molar refractivity (Wildman–Crippen MR) is 71.8 cm³/mol. The van der Waals surface area contributed by atoms with Crippen LogP contribution in [-0.2, 0) is 0 Å². The van der Waals surface area contributed by atoms with Crippen LogP contribution >= 0.6 is 0 Å². The van der Waals surface area contributed by atoms with Crippen molar-refractivity contribution in [3.63, 3.8) is 0 Å². The van der Waals surface area contributed by atoms with Crippen molar-refractivity contribution in [2.75, 3.05) is 19.7 Å². The van der Waals surface area contributed by atoms with Gasteiger partial charge in [-0.15, -0.1) is 0 Å². The molecule has 0 bridgehead atoms. The van der Waals surface area contributed by atoms with Crippen molar-refractivity contribution in [3.8, 4) is 0 Å². The zero-order chi connectivity index (χ0) is 12.2. The number of hydrogen-bond donors (Lipinski definition) is 1. The third-order valence-corrected chi connectivity index (χ3v) is 3.13. The van der Waals surface area contributed by atoms with Crippen LogP contribution in [0.25, 0.3) is 0 Å². The minimum absolute atomic E-state index is 0.352. The minimum atomic E-state index is 0.352. The minimum Gasteiger partial charge on any atom is -0.396 e. The first-order valence-electron chi connectivity index (χ1n) is 7.07. The molecule has 0 aromatic heterocycles. The largest absolute Gasteiger partial charge is 0.396 e. The van der Waals surface area contributed by atoms with Crippen LogP contribution in [0, 0.1) is 0 Å². The van der Waals surface area contributed by atoms with Crippen molar-refractivity contribution in [2.24, 2.45) is 0 Å². The van der Waals surface area contributed by atoms with E-state index in [0.29, 0.717) is 12.6 Å². The van der Waals surface area contributed by atoms with Gasteiger partial charge in [-0.2, -0.15) is 0 Å². The third-order valence-electron chi connectivity index (χ3n) is 3.13. The normalized spacial score (nSPS) is 11.6. The Morgan fingerprint density at radius 2 is 1.44 bits per heavy atom. The molecule has 0 saturated carbocycles. The van der Waals surface area contributed by atoms with E-state index in [4.69, 9.17) is 5.11 Å². The van der Waals surface area contributed by atoms with Crippen molar-refractivity contribution >= 4 is 0 Å². The Bertz CT molecular complexity index is 137. The Morgan fingerprint density at radius 1 is 0.875 bits per heavy atom. The monoisotopic (exact) mass is 229 g/mol. The van der Waals surface area contributed by atoms with Gasteiger partial charge in [0.25, 0.3) is 0 Å². The van der Waals surface area contributed by atoms with E-state index in [9.17, 15) is 0 Å². The molecule has 16 heavy (non-hydrogen) atoms. The highest BCUT2D eigenvalue weighted by atomic mass is 16.2. The van der Waals surface area contributed by atoms with Gasteiger partial charge in [-0.05, 0) is 46.2 Å². The number of aliphatic hydroxyl groups is 1. The van der Waals surface area contributed by atoms with Gasteiger partial charge in [0, 0.05) is 12.6 Å². The second kappa shape index (κ2) is 11.4. The summed E-state index contributed by atoms with van der Waals surface area (Å²) in [7, 11) is 0. The molecular weight excluding hydrogens is 198 g/mol. The fourth-order valence-electron chi connectivity index (χ4n) is 1.97. The number of hydrogen-bond acceptors (Lipinski definition) is 2. The van der Waals surface area contributed by atoms with E-state index < -0.39 is 0 Å². The maximum Gasteiger partial charge on any atom is 0.0431 e. The summed E-state index contributed by atoms with van der Waals surface area (Å²) in [6.45, 7) is 9.68. The summed E-state index contributed by atoms with van der Waals surface area (Å²) in [4.78, 5) is 2.59. The van der Waals surface area contributed by atoms with Crippen LogP contribution in [0.2, 0.25) is 0 Å². The highest BCUT2D eigenvalue weighted by molar-refractivity contribution is 4.63. The van der Waals surface area contributed by atoms with Gasteiger partial charge in [-0.1, -0.05) is 32.6 Å². The second-order valence-electron chi connectivity index (χ2n) is 4.97. The summed E-state index contributed by atoms with van der Waals surface area (Å²) in [5.74, 6) is 0. The molecule has 0 radical (unpaired) electrons. The van der Waals surface area contributed by atoms with Crippen LogP contribution in [-0.4, -0.2) is 35.7 Å². The molecule has 2 nitrogen and oxygen atoms in total. The Morgan fingerprint density at radius 3 is 1.94 bits per heavy atom. The van der Waals surface area contributed by atoms with Crippen LogP contribution in [0.3, 0.4) is 0 Å². The standard InChI is InChI=1S/C14H31NO/c1-4-5-8-11-15(14(2)3)12-9-6-7-10-13-16/h14,16H,4-13H2,1-3H3. The summed E-state index contributed by atoms with van der Waals surface area (Å²) in [6.07, 6.45) is 8.69. The lowest BCUT2D eigenvalue weighted by atomic mass is 10.1. The van der Waals surface area contributed by atoms with Crippen LogP contribution in [0.15, 0.2) is 0 Å². The van der Waals surface area contributed by atoms with Gasteiger partial charge in [0.1, 0.15) is 0 Å². The SMILES string of the molecule is CCCCCN(CCCCCCO)C(C)C. The zero-order valence-corrected chi connectivity index (χ0v) is 11.5. The van der Waals surface area contributed by atoms with Crippen molar-refractivity contribution in [3.05, 3.63) is 0 Å². The molecule has 0 atom stereocenters. The topological polar surface area (TPSA) is 23.5 Å². The molecule has 0 aliphatic carbocycles. The number of aliphatic hydroxyl groups excluding tert-OH is 1. The summed E-state index contributed by atoms with van der Waals surface area (Å²) in [5, 5.41) is 8.70. The van der Waals surface area contributed by atoms with E-state index in [1.807, 2.05) is 0 Å². The Hall–Kier alpha value is -0.0800. The predicted octanol–water partition coefficient (Wildman–Crippen LogP) is 3.44. The van der Waals surface area contributed by atoms with Crippen molar-refractivity contribution in [1.29, 1.82) is 0 Å². The van der Waals surface area contributed by atoms with Gasteiger partial charge in [0.2, 0.25) is 0 Å². The molecule has 0 amide bonds. The molecule has 1 N–H and O–H groups in total. The highest BCUT2D eigenvalue weighted by Crippen LogP contribution is 2.07. The Balaban J connectivity index is 3.52. The summed E-state index contributed by atoms with van der Waals surface area (Å²) in [5.41, 5.74) is 0. The number of unbranched alkanes of at least 4 members (excludes halogenated alkanes) is 5. The second-order valence-corrected chi connectivity index (χ2v) is 4.97. The van der Waals surface area contributed by atoms with Crippen molar-refractivity contribution in [1.82, 2.24) is 4.90 Å².